The Bertz CT molecular complexity index is 436. The lowest BCUT2D eigenvalue weighted by molar-refractivity contribution is -0.0682. The molecule has 19 heavy (non-hydrogen) atoms. The van der Waals surface area contributed by atoms with Crippen molar-refractivity contribution >= 4 is 6.09 Å². The minimum absolute atomic E-state index is 0.124. The lowest BCUT2D eigenvalue weighted by Gasteiger charge is -2.37. The number of benzene rings is 1. The summed E-state index contributed by atoms with van der Waals surface area (Å²) in [5.41, 5.74) is -0.465. The van der Waals surface area contributed by atoms with Crippen molar-refractivity contribution in [3.05, 3.63) is 35.9 Å². The van der Waals surface area contributed by atoms with Gasteiger partial charge in [-0.15, -0.1) is 0 Å². The second-order valence-electron chi connectivity index (χ2n) is 5.06. The van der Waals surface area contributed by atoms with Gasteiger partial charge in [0.05, 0.1) is 12.1 Å². The van der Waals surface area contributed by atoms with Crippen LogP contribution in [0.5, 0.6) is 0 Å². The van der Waals surface area contributed by atoms with Crippen LogP contribution >= 0.6 is 0 Å². The minimum Gasteiger partial charge on any atom is -0.445 e. The molecule has 1 aromatic carbocycles. The normalized spacial score (nSPS) is 27.1. The van der Waals surface area contributed by atoms with Gasteiger partial charge in [-0.25, -0.2) is 9.18 Å². The molecule has 1 heterocycles. The van der Waals surface area contributed by atoms with Crippen molar-refractivity contribution < 1.29 is 19.0 Å². The van der Waals surface area contributed by atoms with Crippen molar-refractivity contribution in [1.82, 2.24) is 4.90 Å². The molecule has 1 saturated heterocycles. The fourth-order valence-corrected chi connectivity index (χ4v) is 1.98. The van der Waals surface area contributed by atoms with E-state index in [1.807, 2.05) is 30.3 Å². The van der Waals surface area contributed by atoms with Crippen molar-refractivity contribution in [2.75, 3.05) is 13.1 Å². The molecule has 1 aliphatic rings. The number of amides is 1. The molecule has 1 aromatic rings. The smallest absolute Gasteiger partial charge is 0.410 e. The van der Waals surface area contributed by atoms with Crippen LogP contribution in [-0.2, 0) is 11.3 Å². The van der Waals surface area contributed by atoms with Crippen LogP contribution in [0.15, 0.2) is 30.3 Å². The molecule has 1 aliphatic heterocycles. The summed E-state index contributed by atoms with van der Waals surface area (Å²) < 4.78 is 18.8. The van der Waals surface area contributed by atoms with Gasteiger partial charge in [0.1, 0.15) is 12.8 Å². The number of nitrogens with zero attached hydrogens (tertiary/aromatic N) is 1. The van der Waals surface area contributed by atoms with Gasteiger partial charge in [-0.3, -0.25) is 0 Å². The standard InChI is InChI=1S/C14H18FNO3/c1-14(18)7-8-16(9-12(14)15)13(17)19-10-11-5-3-2-4-6-11/h2-6,12,18H,7-10H2,1H3. The van der Waals surface area contributed by atoms with E-state index >= 15 is 0 Å². The minimum atomic E-state index is -1.44. The number of hydrogen-bond donors (Lipinski definition) is 1. The average molecular weight is 267 g/mol. The van der Waals surface area contributed by atoms with E-state index in [2.05, 4.69) is 0 Å². The van der Waals surface area contributed by atoms with E-state index in [-0.39, 0.29) is 19.6 Å². The predicted octanol–water partition coefficient (Wildman–Crippen LogP) is 2.12. The largest absolute Gasteiger partial charge is 0.445 e. The van der Waals surface area contributed by atoms with E-state index in [1.165, 1.54) is 11.8 Å². The van der Waals surface area contributed by atoms with Crippen LogP contribution in [0.4, 0.5) is 9.18 Å². The fourth-order valence-electron chi connectivity index (χ4n) is 1.98. The molecule has 2 unspecified atom stereocenters. The Morgan fingerprint density at radius 2 is 2.21 bits per heavy atom. The number of carbonyl (C=O) groups excluding carboxylic acids is 1. The number of rotatable bonds is 2. The molecule has 0 bridgehead atoms. The summed E-state index contributed by atoms with van der Waals surface area (Å²) in [4.78, 5) is 13.1. The van der Waals surface area contributed by atoms with Crippen LogP contribution < -0.4 is 0 Å². The molecule has 0 aromatic heterocycles. The molecule has 0 aliphatic carbocycles. The first-order valence-electron chi connectivity index (χ1n) is 6.31. The number of ether oxygens (including phenoxy) is 1. The first kappa shape index (κ1) is 13.8. The highest BCUT2D eigenvalue weighted by Gasteiger charge is 2.39. The molecule has 1 amide bonds. The average Bonchev–Trinajstić information content (AvgIpc) is 2.40. The molecule has 4 nitrogen and oxygen atoms in total. The molecule has 5 heteroatoms. The SMILES string of the molecule is CC1(O)CCN(C(=O)OCc2ccccc2)CC1F. The van der Waals surface area contributed by atoms with Crippen LogP contribution in [-0.4, -0.2) is 41.0 Å². The van der Waals surface area contributed by atoms with Gasteiger partial charge in [0.25, 0.3) is 0 Å². The Morgan fingerprint density at radius 1 is 1.53 bits per heavy atom. The van der Waals surface area contributed by atoms with Crippen molar-refractivity contribution in [2.45, 2.75) is 31.7 Å². The highest BCUT2D eigenvalue weighted by atomic mass is 19.1. The number of piperidine rings is 1. The quantitative estimate of drug-likeness (QED) is 0.893. The van der Waals surface area contributed by atoms with Crippen molar-refractivity contribution in [2.24, 2.45) is 0 Å². The highest BCUT2D eigenvalue weighted by molar-refractivity contribution is 5.67. The second-order valence-corrected chi connectivity index (χ2v) is 5.06. The summed E-state index contributed by atoms with van der Waals surface area (Å²) >= 11 is 0. The zero-order valence-corrected chi connectivity index (χ0v) is 10.9. The third kappa shape index (κ3) is 3.44. The van der Waals surface area contributed by atoms with Gasteiger partial charge in [-0.1, -0.05) is 30.3 Å². The Kier molecular flexibility index (Phi) is 4.04. The van der Waals surface area contributed by atoms with Crippen molar-refractivity contribution in [1.29, 1.82) is 0 Å². The van der Waals surface area contributed by atoms with E-state index in [0.717, 1.165) is 5.56 Å². The number of aliphatic hydroxyl groups is 1. The van der Waals surface area contributed by atoms with Gasteiger partial charge in [-0.2, -0.15) is 0 Å². The molecule has 1 N–H and O–H groups in total. The third-order valence-corrected chi connectivity index (χ3v) is 3.41. The second kappa shape index (κ2) is 5.57. The van der Waals surface area contributed by atoms with E-state index in [9.17, 15) is 14.3 Å². The van der Waals surface area contributed by atoms with E-state index in [0.29, 0.717) is 6.54 Å². The summed E-state index contributed by atoms with van der Waals surface area (Å²) in [5.74, 6) is 0. The zero-order valence-electron chi connectivity index (χ0n) is 10.9. The van der Waals surface area contributed by atoms with Crippen LogP contribution in [0.1, 0.15) is 18.9 Å². The van der Waals surface area contributed by atoms with E-state index in [4.69, 9.17) is 4.74 Å². The topological polar surface area (TPSA) is 49.8 Å². The number of halogens is 1. The Labute approximate surface area is 111 Å². The van der Waals surface area contributed by atoms with Gasteiger partial charge in [0.15, 0.2) is 0 Å². The maximum Gasteiger partial charge on any atom is 0.410 e. The number of alkyl halides is 1. The zero-order chi connectivity index (χ0) is 13.9. The number of carbonyl (C=O) groups is 1. The maximum absolute atomic E-state index is 13.6. The van der Waals surface area contributed by atoms with Crippen molar-refractivity contribution in [3.63, 3.8) is 0 Å². The van der Waals surface area contributed by atoms with Gasteiger partial charge in [-0.05, 0) is 18.9 Å². The lowest BCUT2D eigenvalue weighted by atomic mass is 9.92. The molecule has 0 radical (unpaired) electrons. The summed E-state index contributed by atoms with van der Waals surface area (Å²) in [5, 5.41) is 9.70. The summed E-state index contributed by atoms with van der Waals surface area (Å²) in [6.07, 6.45) is -1.76. The fraction of sp³-hybridized carbons (Fsp3) is 0.500. The maximum atomic E-state index is 13.6. The lowest BCUT2D eigenvalue weighted by Crippen LogP contribution is -2.53. The monoisotopic (exact) mass is 267 g/mol. The van der Waals surface area contributed by atoms with Gasteiger partial charge in [0, 0.05) is 6.54 Å². The molecule has 0 spiro atoms. The summed E-state index contributed by atoms with van der Waals surface area (Å²) in [6.45, 7) is 1.80. The van der Waals surface area contributed by atoms with Crippen LogP contribution in [0.3, 0.4) is 0 Å². The van der Waals surface area contributed by atoms with Crippen molar-refractivity contribution in [3.8, 4) is 0 Å². The molecular weight excluding hydrogens is 249 g/mol. The van der Waals surface area contributed by atoms with Crippen LogP contribution in [0.2, 0.25) is 0 Å². The van der Waals surface area contributed by atoms with E-state index < -0.39 is 17.9 Å². The van der Waals surface area contributed by atoms with Gasteiger partial charge < -0.3 is 14.7 Å². The summed E-state index contributed by atoms with van der Waals surface area (Å²) in [6, 6.07) is 9.31. The third-order valence-electron chi connectivity index (χ3n) is 3.41. The molecular formula is C14H18FNO3. The first-order valence-corrected chi connectivity index (χ1v) is 6.31. The van der Waals surface area contributed by atoms with Gasteiger partial charge in [0.2, 0.25) is 0 Å². The summed E-state index contributed by atoms with van der Waals surface area (Å²) in [7, 11) is 0. The first-order chi connectivity index (χ1) is 8.99. The Balaban J connectivity index is 1.84. The predicted molar refractivity (Wildman–Crippen MR) is 68.3 cm³/mol. The van der Waals surface area contributed by atoms with Crippen LogP contribution in [0, 0.1) is 0 Å². The van der Waals surface area contributed by atoms with E-state index in [1.54, 1.807) is 0 Å². The Hall–Kier alpha value is -1.62. The molecule has 0 saturated carbocycles. The molecule has 104 valence electrons. The van der Waals surface area contributed by atoms with Gasteiger partial charge >= 0.3 is 6.09 Å². The number of hydrogen-bond acceptors (Lipinski definition) is 3. The molecule has 2 atom stereocenters. The molecule has 2 rings (SSSR count). The highest BCUT2D eigenvalue weighted by Crippen LogP contribution is 2.25. The number of likely N-dealkylation sites (tertiary alicyclic amines) is 1. The molecule has 1 fully saturated rings. The van der Waals surface area contributed by atoms with Crippen LogP contribution in [0.25, 0.3) is 0 Å². The Morgan fingerprint density at radius 3 is 2.84 bits per heavy atom.